The Hall–Kier alpha value is -3.73. The number of carbonyl (C=O) groups is 3. The van der Waals surface area contributed by atoms with Gasteiger partial charge < -0.3 is 4.74 Å². The highest BCUT2D eigenvalue weighted by Gasteiger charge is 2.41. The van der Waals surface area contributed by atoms with Crippen molar-refractivity contribution in [2.45, 2.75) is 19.4 Å². The zero-order chi connectivity index (χ0) is 20.4. The van der Waals surface area contributed by atoms with E-state index in [1.54, 1.807) is 48.5 Å². The quantitative estimate of drug-likeness (QED) is 0.373. The lowest BCUT2D eigenvalue weighted by Crippen LogP contribution is -2.36. The van der Waals surface area contributed by atoms with Crippen molar-refractivity contribution in [3.8, 4) is 5.75 Å². The summed E-state index contributed by atoms with van der Waals surface area (Å²) in [7, 11) is 0. The number of benzene rings is 3. The first-order valence-corrected chi connectivity index (χ1v) is 9.34. The second kappa shape index (κ2) is 7.72. The number of esters is 1. The number of fused-ring (bicyclic) bond motifs is 1. The topological polar surface area (TPSA) is 63.7 Å². The Balaban J connectivity index is 1.69. The summed E-state index contributed by atoms with van der Waals surface area (Å²) in [4.78, 5) is 39.9. The highest BCUT2D eigenvalue weighted by atomic mass is 16.5. The predicted molar refractivity (Wildman–Crippen MR) is 108 cm³/mol. The van der Waals surface area contributed by atoms with Gasteiger partial charge in [-0.3, -0.25) is 19.3 Å². The predicted octanol–water partition coefficient (Wildman–Crippen LogP) is 4.33. The molecule has 0 aromatic heterocycles. The van der Waals surface area contributed by atoms with Crippen molar-refractivity contribution in [3.05, 3.63) is 101 Å². The van der Waals surface area contributed by atoms with Crippen LogP contribution in [0.1, 0.15) is 44.3 Å². The van der Waals surface area contributed by atoms with Crippen LogP contribution >= 0.6 is 0 Å². The first kappa shape index (κ1) is 18.6. The third-order valence-electron chi connectivity index (χ3n) is 5.02. The summed E-state index contributed by atoms with van der Waals surface area (Å²) in [5, 5.41) is 0. The number of aryl methyl sites for hydroxylation is 1. The Morgan fingerprint density at radius 1 is 0.828 bits per heavy atom. The Morgan fingerprint density at radius 3 is 2.00 bits per heavy atom. The number of hydrogen-bond acceptors (Lipinski definition) is 4. The fraction of sp³-hybridized carbons (Fsp3) is 0.125. The minimum atomic E-state index is -0.750. The lowest BCUT2D eigenvalue weighted by molar-refractivity contribution is -0.135. The molecular formula is C24H19NO4. The monoisotopic (exact) mass is 385 g/mol. The van der Waals surface area contributed by atoms with Crippen LogP contribution in [0.5, 0.6) is 5.75 Å². The van der Waals surface area contributed by atoms with Crippen molar-refractivity contribution in [1.29, 1.82) is 0 Å². The second-order valence-corrected chi connectivity index (χ2v) is 6.89. The van der Waals surface area contributed by atoms with Crippen LogP contribution in [0.25, 0.3) is 0 Å². The van der Waals surface area contributed by atoms with Crippen LogP contribution in [0, 0.1) is 6.92 Å². The minimum Gasteiger partial charge on any atom is -0.426 e. The summed E-state index contributed by atoms with van der Waals surface area (Å²) in [6.45, 7) is 1.89. The molecule has 0 saturated heterocycles. The molecule has 1 atom stereocenters. The molecule has 1 aliphatic rings. The smallest absolute Gasteiger partial charge is 0.313 e. The molecule has 0 aliphatic carbocycles. The SMILES string of the molecule is Cc1ccccc1C(CC(=O)Oc1ccccc1)N1C(=O)c2ccccc2C1=O. The third kappa shape index (κ3) is 3.55. The normalized spacial score (nSPS) is 13.9. The number of imide groups is 1. The second-order valence-electron chi connectivity index (χ2n) is 6.89. The van der Waals surface area contributed by atoms with Gasteiger partial charge in [0, 0.05) is 0 Å². The molecule has 0 bridgehead atoms. The lowest BCUT2D eigenvalue weighted by atomic mass is 9.97. The molecular weight excluding hydrogens is 366 g/mol. The molecule has 1 unspecified atom stereocenters. The fourth-order valence-corrected chi connectivity index (χ4v) is 3.61. The standard InChI is InChI=1S/C24H19NO4/c1-16-9-5-6-12-18(16)21(15-22(26)29-17-10-3-2-4-11-17)25-23(27)19-13-7-8-14-20(19)24(25)28/h2-14,21H,15H2,1H3. The van der Waals surface area contributed by atoms with Crippen LogP contribution < -0.4 is 4.74 Å². The van der Waals surface area contributed by atoms with Crippen LogP contribution in [0.4, 0.5) is 0 Å². The van der Waals surface area contributed by atoms with Gasteiger partial charge in [0.1, 0.15) is 5.75 Å². The molecule has 144 valence electrons. The van der Waals surface area contributed by atoms with Crippen LogP contribution in [-0.4, -0.2) is 22.7 Å². The van der Waals surface area contributed by atoms with Crippen molar-refractivity contribution in [2.24, 2.45) is 0 Å². The van der Waals surface area contributed by atoms with Gasteiger partial charge in [-0.1, -0.05) is 54.6 Å². The largest absolute Gasteiger partial charge is 0.426 e. The van der Waals surface area contributed by atoms with E-state index in [9.17, 15) is 14.4 Å². The number of rotatable bonds is 5. The van der Waals surface area contributed by atoms with Crippen molar-refractivity contribution >= 4 is 17.8 Å². The maximum Gasteiger partial charge on any atom is 0.313 e. The molecule has 0 saturated carbocycles. The summed E-state index contributed by atoms with van der Waals surface area (Å²) >= 11 is 0. The van der Waals surface area contributed by atoms with E-state index in [0.29, 0.717) is 16.9 Å². The van der Waals surface area contributed by atoms with Crippen LogP contribution in [0.3, 0.4) is 0 Å². The van der Waals surface area contributed by atoms with Gasteiger partial charge in [0.25, 0.3) is 11.8 Å². The van der Waals surface area contributed by atoms with E-state index in [1.165, 1.54) is 4.90 Å². The molecule has 5 heteroatoms. The number of carbonyl (C=O) groups excluding carboxylic acids is 3. The van der Waals surface area contributed by atoms with Crippen molar-refractivity contribution < 1.29 is 19.1 Å². The van der Waals surface area contributed by atoms with Gasteiger partial charge in [-0.25, -0.2) is 0 Å². The van der Waals surface area contributed by atoms with Crippen molar-refractivity contribution in [2.75, 3.05) is 0 Å². The molecule has 0 radical (unpaired) electrons. The van der Waals surface area contributed by atoms with Gasteiger partial charge in [-0.2, -0.15) is 0 Å². The lowest BCUT2D eigenvalue weighted by Gasteiger charge is -2.27. The molecule has 2 amide bonds. The average molecular weight is 385 g/mol. The molecule has 3 aromatic carbocycles. The molecule has 0 spiro atoms. The Bertz CT molecular complexity index is 1060. The van der Waals surface area contributed by atoms with Crippen LogP contribution in [0.2, 0.25) is 0 Å². The van der Waals surface area contributed by atoms with Gasteiger partial charge in [-0.05, 0) is 42.3 Å². The third-order valence-corrected chi connectivity index (χ3v) is 5.02. The molecule has 1 heterocycles. The van der Waals surface area contributed by atoms with Crippen molar-refractivity contribution in [1.82, 2.24) is 4.90 Å². The van der Waals surface area contributed by atoms with Gasteiger partial charge >= 0.3 is 5.97 Å². The van der Waals surface area contributed by atoms with E-state index in [0.717, 1.165) is 11.1 Å². The molecule has 0 fully saturated rings. The van der Waals surface area contributed by atoms with E-state index in [4.69, 9.17) is 4.74 Å². The molecule has 29 heavy (non-hydrogen) atoms. The van der Waals surface area contributed by atoms with Crippen molar-refractivity contribution in [3.63, 3.8) is 0 Å². The number of ether oxygens (including phenoxy) is 1. The zero-order valence-electron chi connectivity index (χ0n) is 15.9. The molecule has 3 aromatic rings. The Labute approximate surface area is 168 Å². The summed E-state index contributed by atoms with van der Waals surface area (Å²) in [5.41, 5.74) is 2.34. The minimum absolute atomic E-state index is 0.134. The molecule has 0 N–H and O–H groups in total. The fourth-order valence-electron chi connectivity index (χ4n) is 3.61. The summed E-state index contributed by atoms with van der Waals surface area (Å²) in [6, 6.07) is 22.1. The Kier molecular flexibility index (Phi) is 4.96. The highest BCUT2D eigenvalue weighted by molar-refractivity contribution is 6.21. The van der Waals surface area contributed by atoms with E-state index in [-0.39, 0.29) is 6.42 Å². The first-order valence-electron chi connectivity index (χ1n) is 9.34. The number of hydrogen-bond donors (Lipinski definition) is 0. The molecule has 4 rings (SSSR count). The Morgan fingerprint density at radius 2 is 1.38 bits per heavy atom. The van der Waals surface area contributed by atoms with Gasteiger partial charge in [-0.15, -0.1) is 0 Å². The number of amides is 2. The number of nitrogens with zero attached hydrogens (tertiary/aromatic N) is 1. The van der Waals surface area contributed by atoms with E-state index >= 15 is 0 Å². The van der Waals surface area contributed by atoms with Gasteiger partial charge in [0.15, 0.2) is 0 Å². The van der Waals surface area contributed by atoms with E-state index in [1.807, 2.05) is 37.3 Å². The first-order chi connectivity index (χ1) is 14.1. The maximum absolute atomic E-state index is 13.0. The highest BCUT2D eigenvalue weighted by Crippen LogP contribution is 2.35. The summed E-state index contributed by atoms with van der Waals surface area (Å²) in [5.74, 6) is -0.887. The summed E-state index contributed by atoms with van der Waals surface area (Å²) in [6.07, 6.45) is -0.134. The maximum atomic E-state index is 13.0. The zero-order valence-corrected chi connectivity index (χ0v) is 15.9. The van der Waals surface area contributed by atoms with Crippen LogP contribution in [0.15, 0.2) is 78.9 Å². The van der Waals surface area contributed by atoms with E-state index in [2.05, 4.69) is 0 Å². The van der Waals surface area contributed by atoms with Gasteiger partial charge in [0.05, 0.1) is 23.6 Å². The van der Waals surface area contributed by atoms with E-state index < -0.39 is 23.8 Å². The van der Waals surface area contributed by atoms with Crippen LogP contribution in [-0.2, 0) is 4.79 Å². The molecule has 1 aliphatic heterocycles. The van der Waals surface area contributed by atoms with Gasteiger partial charge in [0.2, 0.25) is 0 Å². The number of para-hydroxylation sites is 1. The summed E-state index contributed by atoms with van der Waals surface area (Å²) < 4.78 is 5.43. The average Bonchev–Trinajstić information content (AvgIpc) is 2.98. The molecule has 5 nitrogen and oxygen atoms in total.